The average molecular weight is 599 g/mol. The largest absolute Gasteiger partial charge is 0.492 e. The van der Waals surface area contributed by atoms with Crippen molar-refractivity contribution in [3.8, 4) is 0 Å². The lowest BCUT2D eigenvalue weighted by molar-refractivity contribution is 0.0362. The fourth-order valence-electron chi connectivity index (χ4n) is 3.67. The molecule has 0 aromatic carbocycles. The molecular weight excluding hydrogens is 536 g/mol. The van der Waals surface area contributed by atoms with Crippen molar-refractivity contribution in [1.29, 1.82) is 0 Å². The SMILES string of the molecule is NCCCCOCCCCNCOCCCCNCCCCOCCCCNCC(O)COCCC[Si](O)(O)O. The minimum atomic E-state index is -3.98. The summed E-state index contributed by atoms with van der Waals surface area (Å²) in [6, 6.07) is -0.0510. The molecule has 0 aliphatic heterocycles. The molecule has 1 unspecified atom stereocenters. The van der Waals surface area contributed by atoms with E-state index in [4.69, 9.17) is 39.1 Å². The number of nitrogens with two attached hydrogens (primary N) is 1. The second-order valence-corrected chi connectivity index (χ2v) is 12.2. The highest BCUT2D eigenvalue weighted by Crippen LogP contribution is 2.01. The molecule has 0 aliphatic carbocycles. The summed E-state index contributed by atoms with van der Waals surface area (Å²) >= 11 is 0. The number of rotatable bonds is 34. The molecule has 0 aliphatic rings. The Hall–Kier alpha value is -0.263. The normalized spacial score (nSPS) is 12.8. The lowest BCUT2D eigenvalue weighted by atomic mass is 10.3. The topological polar surface area (TPSA) is 180 Å². The molecule has 0 rings (SSSR count). The van der Waals surface area contributed by atoms with Gasteiger partial charge in [-0.05, 0) is 103 Å². The number of nitrogens with one attached hydrogen (secondary N) is 3. The van der Waals surface area contributed by atoms with Crippen LogP contribution >= 0.6 is 0 Å². The predicted molar refractivity (Wildman–Crippen MR) is 160 cm³/mol. The minimum absolute atomic E-state index is 0.0510. The van der Waals surface area contributed by atoms with Gasteiger partial charge in [-0.1, -0.05) is 0 Å². The molecule has 9 N–H and O–H groups in total. The first kappa shape index (κ1) is 39.7. The number of unbranched alkanes of at least 4 members (excludes halogenated alkanes) is 5. The third-order valence-corrected chi connectivity index (χ3v) is 7.03. The van der Waals surface area contributed by atoms with Crippen LogP contribution in [0.1, 0.15) is 70.6 Å². The van der Waals surface area contributed by atoms with Crippen LogP contribution in [0.2, 0.25) is 6.04 Å². The van der Waals surface area contributed by atoms with Crippen molar-refractivity contribution in [1.82, 2.24) is 16.0 Å². The van der Waals surface area contributed by atoms with Gasteiger partial charge < -0.3 is 54.8 Å². The third-order valence-electron chi connectivity index (χ3n) is 6.01. The number of hydrogen-bond donors (Lipinski definition) is 8. The number of aliphatic hydroxyl groups is 1. The Labute approximate surface area is 244 Å². The molecule has 0 spiro atoms. The van der Waals surface area contributed by atoms with Gasteiger partial charge in [-0.2, -0.15) is 0 Å². The van der Waals surface area contributed by atoms with E-state index in [2.05, 4.69) is 16.0 Å². The first-order valence-electron chi connectivity index (χ1n) is 15.4. The van der Waals surface area contributed by atoms with Crippen LogP contribution in [0.25, 0.3) is 0 Å². The van der Waals surface area contributed by atoms with Crippen LogP contribution in [0.3, 0.4) is 0 Å². The van der Waals surface area contributed by atoms with Crippen molar-refractivity contribution in [3.05, 3.63) is 0 Å². The van der Waals surface area contributed by atoms with Gasteiger partial charge in [0.25, 0.3) is 0 Å². The Kier molecular flexibility index (Phi) is 31.5. The molecule has 0 aromatic heterocycles. The van der Waals surface area contributed by atoms with Crippen molar-refractivity contribution >= 4 is 8.80 Å². The zero-order valence-electron chi connectivity index (χ0n) is 25.0. The summed E-state index contributed by atoms with van der Waals surface area (Å²) in [5, 5.41) is 19.8. The van der Waals surface area contributed by atoms with E-state index in [0.717, 1.165) is 130 Å². The van der Waals surface area contributed by atoms with Crippen LogP contribution in [0.15, 0.2) is 0 Å². The van der Waals surface area contributed by atoms with Crippen LogP contribution in [0.5, 0.6) is 0 Å². The molecular formula is C27H62N4O8Si. The molecule has 13 heteroatoms. The predicted octanol–water partition coefficient (Wildman–Crippen LogP) is 0.306. The van der Waals surface area contributed by atoms with Gasteiger partial charge in [-0.25, -0.2) is 0 Å². The van der Waals surface area contributed by atoms with Crippen molar-refractivity contribution in [3.63, 3.8) is 0 Å². The summed E-state index contributed by atoms with van der Waals surface area (Å²) in [7, 11) is -3.98. The second kappa shape index (κ2) is 31.7. The average Bonchev–Trinajstić information content (AvgIpc) is 2.91. The summed E-state index contributed by atoms with van der Waals surface area (Å²) in [6.07, 6.45) is 10.4. The van der Waals surface area contributed by atoms with E-state index in [9.17, 15) is 5.11 Å². The number of ether oxygens (including phenoxy) is 4. The lowest BCUT2D eigenvalue weighted by Crippen LogP contribution is -2.34. The quantitative estimate of drug-likeness (QED) is 0.0289. The molecule has 0 saturated carbocycles. The van der Waals surface area contributed by atoms with Crippen LogP contribution in [0, 0.1) is 0 Å². The number of aliphatic hydroxyl groups excluding tert-OH is 1. The Morgan fingerprint density at radius 3 is 1.57 bits per heavy atom. The van der Waals surface area contributed by atoms with Gasteiger partial charge in [0.05, 0.1) is 19.4 Å². The highest BCUT2D eigenvalue weighted by Gasteiger charge is 2.25. The molecule has 242 valence electrons. The van der Waals surface area contributed by atoms with E-state index in [-0.39, 0.29) is 19.3 Å². The van der Waals surface area contributed by atoms with Gasteiger partial charge >= 0.3 is 8.80 Å². The summed E-state index contributed by atoms with van der Waals surface area (Å²) in [5.74, 6) is 0. The first-order valence-corrected chi connectivity index (χ1v) is 17.5. The number of hydrogen-bond acceptors (Lipinski definition) is 12. The molecule has 0 saturated heterocycles. The van der Waals surface area contributed by atoms with E-state index < -0.39 is 14.9 Å². The molecule has 0 bridgehead atoms. The van der Waals surface area contributed by atoms with E-state index >= 15 is 0 Å². The van der Waals surface area contributed by atoms with E-state index in [1.807, 2.05) is 0 Å². The van der Waals surface area contributed by atoms with Gasteiger partial charge in [0.2, 0.25) is 0 Å². The van der Waals surface area contributed by atoms with Crippen molar-refractivity contribution in [2.75, 3.05) is 92.2 Å². The molecule has 1 atom stereocenters. The third kappa shape index (κ3) is 35.8. The minimum Gasteiger partial charge on any atom is -0.390 e. The first-order chi connectivity index (χ1) is 19.5. The maximum Gasteiger partial charge on any atom is 0.492 e. The Balaban J connectivity index is 3.12. The standard InChI is InChI=1S/C27H62N4O8Si/c28-12-1-6-17-36-20-9-5-16-31-26-39-21-10-3-14-29-13-2-7-18-37-19-8-4-15-30-24-27(32)25-38-22-11-23-40(33,34)35/h27,29-35H,1-26,28H2. The van der Waals surface area contributed by atoms with Gasteiger partial charge in [-0.15, -0.1) is 0 Å². The monoisotopic (exact) mass is 598 g/mol. The molecule has 0 amide bonds. The highest BCUT2D eigenvalue weighted by atomic mass is 28.4. The van der Waals surface area contributed by atoms with Crippen molar-refractivity contribution < 1.29 is 38.4 Å². The summed E-state index contributed by atoms with van der Waals surface area (Å²) in [4.78, 5) is 26.7. The lowest BCUT2D eigenvalue weighted by Gasteiger charge is -2.13. The van der Waals surface area contributed by atoms with Crippen LogP contribution in [-0.4, -0.2) is 127 Å². The molecule has 40 heavy (non-hydrogen) atoms. The van der Waals surface area contributed by atoms with Crippen molar-refractivity contribution in [2.45, 2.75) is 82.8 Å². The molecule has 12 nitrogen and oxygen atoms in total. The molecule has 0 heterocycles. The maximum atomic E-state index is 9.83. The zero-order chi connectivity index (χ0) is 29.4. The van der Waals surface area contributed by atoms with E-state index in [1.54, 1.807) is 0 Å². The Morgan fingerprint density at radius 1 is 0.550 bits per heavy atom. The maximum absolute atomic E-state index is 9.83. The van der Waals surface area contributed by atoms with Gasteiger partial charge in [0.15, 0.2) is 0 Å². The molecule has 0 radical (unpaired) electrons. The van der Waals surface area contributed by atoms with E-state index in [1.165, 1.54) is 0 Å². The summed E-state index contributed by atoms with van der Waals surface area (Å²) in [5.41, 5.74) is 5.45. The van der Waals surface area contributed by atoms with Crippen LogP contribution in [-0.2, 0) is 18.9 Å². The Bertz CT molecular complexity index is 496. The summed E-state index contributed by atoms with van der Waals surface area (Å²) < 4.78 is 22.1. The summed E-state index contributed by atoms with van der Waals surface area (Å²) in [6.45, 7) is 10.1. The van der Waals surface area contributed by atoms with E-state index in [0.29, 0.717) is 19.7 Å². The fraction of sp³-hybridized carbons (Fsp3) is 1.00. The van der Waals surface area contributed by atoms with Gasteiger partial charge in [0, 0.05) is 52.2 Å². The van der Waals surface area contributed by atoms with Gasteiger partial charge in [-0.3, -0.25) is 5.32 Å². The van der Waals surface area contributed by atoms with Crippen LogP contribution < -0.4 is 21.7 Å². The smallest absolute Gasteiger partial charge is 0.390 e. The second-order valence-electron chi connectivity index (χ2n) is 10.2. The fourth-order valence-corrected chi connectivity index (χ4v) is 4.29. The molecule has 0 aromatic rings. The zero-order valence-corrected chi connectivity index (χ0v) is 26.0. The van der Waals surface area contributed by atoms with Crippen molar-refractivity contribution in [2.24, 2.45) is 5.73 Å². The van der Waals surface area contributed by atoms with Crippen LogP contribution in [0.4, 0.5) is 0 Å². The van der Waals surface area contributed by atoms with Gasteiger partial charge in [0.1, 0.15) is 0 Å². The highest BCUT2D eigenvalue weighted by molar-refractivity contribution is 6.56. The Morgan fingerprint density at radius 2 is 1.02 bits per heavy atom. The molecule has 0 fully saturated rings.